The third kappa shape index (κ3) is 3.09. The van der Waals surface area contributed by atoms with Gasteiger partial charge in [-0.1, -0.05) is 12.1 Å². The number of hydrogen-bond acceptors (Lipinski definition) is 4. The number of fused-ring (bicyclic) bond motifs is 1. The van der Waals surface area contributed by atoms with Gasteiger partial charge in [0.2, 0.25) is 5.91 Å². The summed E-state index contributed by atoms with van der Waals surface area (Å²) in [6.45, 7) is 3.93. The number of carbonyl (C=O) groups is 1. The van der Waals surface area contributed by atoms with E-state index in [1.807, 2.05) is 60.0 Å². The number of benzene rings is 2. The topological polar surface area (TPSA) is 73.0 Å². The molecule has 2 aromatic carbocycles. The van der Waals surface area contributed by atoms with E-state index in [4.69, 9.17) is 4.42 Å². The molecule has 0 spiro atoms. The molecule has 0 saturated carbocycles. The Hall–Kier alpha value is -3.41. The maximum atomic E-state index is 12.4. The second-order valence-electron chi connectivity index (χ2n) is 6.10. The summed E-state index contributed by atoms with van der Waals surface area (Å²) in [6.07, 6.45) is 1.69. The van der Waals surface area contributed by atoms with Gasteiger partial charge in [0.15, 0.2) is 11.7 Å². The van der Waals surface area contributed by atoms with Crippen LogP contribution in [-0.4, -0.2) is 20.4 Å². The van der Waals surface area contributed by atoms with Crippen molar-refractivity contribution in [2.45, 2.75) is 20.4 Å². The molecule has 130 valence electrons. The van der Waals surface area contributed by atoms with Crippen molar-refractivity contribution < 1.29 is 9.21 Å². The first-order valence-corrected chi connectivity index (χ1v) is 8.35. The SMILES string of the molecule is Cc1ncc(-c2ccc(NC(=O)Cn3c(C)nc4ccccc43)cc2)o1. The van der Waals surface area contributed by atoms with Crippen molar-refractivity contribution in [1.29, 1.82) is 0 Å². The molecule has 0 aliphatic carbocycles. The van der Waals surface area contributed by atoms with Crippen LogP contribution in [0.1, 0.15) is 11.7 Å². The highest BCUT2D eigenvalue weighted by Crippen LogP contribution is 2.22. The van der Waals surface area contributed by atoms with E-state index in [1.54, 1.807) is 13.1 Å². The smallest absolute Gasteiger partial charge is 0.244 e. The highest BCUT2D eigenvalue weighted by molar-refractivity contribution is 5.92. The molecule has 4 rings (SSSR count). The summed E-state index contributed by atoms with van der Waals surface area (Å²) in [5, 5.41) is 2.92. The van der Waals surface area contributed by atoms with Crippen LogP contribution in [0.4, 0.5) is 5.69 Å². The fourth-order valence-electron chi connectivity index (χ4n) is 2.95. The Balaban J connectivity index is 1.48. The maximum Gasteiger partial charge on any atom is 0.244 e. The number of nitrogens with one attached hydrogen (secondary N) is 1. The normalized spacial score (nSPS) is 11.0. The number of aryl methyl sites for hydroxylation is 2. The number of imidazole rings is 1. The number of anilines is 1. The first-order chi connectivity index (χ1) is 12.6. The van der Waals surface area contributed by atoms with E-state index >= 15 is 0 Å². The van der Waals surface area contributed by atoms with Crippen molar-refractivity contribution in [3.63, 3.8) is 0 Å². The summed E-state index contributed by atoms with van der Waals surface area (Å²) in [7, 11) is 0. The molecule has 1 N–H and O–H groups in total. The Bertz CT molecular complexity index is 1080. The number of carbonyl (C=O) groups excluding carboxylic acids is 1. The fraction of sp³-hybridized carbons (Fsp3) is 0.150. The lowest BCUT2D eigenvalue weighted by atomic mass is 10.1. The largest absolute Gasteiger partial charge is 0.441 e. The van der Waals surface area contributed by atoms with E-state index in [-0.39, 0.29) is 12.5 Å². The molecule has 4 aromatic rings. The molecule has 2 aromatic heterocycles. The van der Waals surface area contributed by atoms with E-state index < -0.39 is 0 Å². The van der Waals surface area contributed by atoms with Gasteiger partial charge in [0, 0.05) is 18.2 Å². The lowest BCUT2D eigenvalue weighted by Crippen LogP contribution is -2.19. The monoisotopic (exact) mass is 346 g/mol. The van der Waals surface area contributed by atoms with Crippen molar-refractivity contribution in [3.8, 4) is 11.3 Å². The summed E-state index contributed by atoms with van der Waals surface area (Å²) in [6, 6.07) is 15.3. The van der Waals surface area contributed by atoms with Crippen LogP contribution in [0.2, 0.25) is 0 Å². The van der Waals surface area contributed by atoms with Gasteiger partial charge >= 0.3 is 0 Å². The van der Waals surface area contributed by atoms with Gasteiger partial charge in [0.1, 0.15) is 12.4 Å². The molecule has 26 heavy (non-hydrogen) atoms. The highest BCUT2D eigenvalue weighted by atomic mass is 16.4. The Kier molecular flexibility index (Phi) is 4.01. The molecule has 0 atom stereocenters. The van der Waals surface area contributed by atoms with Gasteiger partial charge < -0.3 is 14.3 Å². The number of hydrogen-bond donors (Lipinski definition) is 1. The quantitative estimate of drug-likeness (QED) is 0.607. The summed E-state index contributed by atoms with van der Waals surface area (Å²) >= 11 is 0. The molecule has 1 amide bonds. The molecule has 6 nitrogen and oxygen atoms in total. The number of rotatable bonds is 4. The van der Waals surface area contributed by atoms with Gasteiger partial charge in [-0.15, -0.1) is 0 Å². The zero-order valence-electron chi connectivity index (χ0n) is 14.6. The van der Waals surface area contributed by atoms with Crippen LogP contribution >= 0.6 is 0 Å². The van der Waals surface area contributed by atoms with Crippen LogP contribution in [0.3, 0.4) is 0 Å². The Labute approximate surface area is 150 Å². The average molecular weight is 346 g/mol. The van der Waals surface area contributed by atoms with Crippen molar-refractivity contribution in [1.82, 2.24) is 14.5 Å². The molecule has 6 heteroatoms. The minimum atomic E-state index is -0.0977. The lowest BCUT2D eigenvalue weighted by molar-refractivity contribution is -0.116. The minimum Gasteiger partial charge on any atom is -0.441 e. The molecule has 0 fully saturated rings. The van der Waals surface area contributed by atoms with Gasteiger partial charge in [-0.3, -0.25) is 4.79 Å². The Morgan fingerprint density at radius 2 is 1.88 bits per heavy atom. The van der Waals surface area contributed by atoms with E-state index in [2.05, 4.69) is 15.3 Å². The molecule has 0 unspecified atom stereocenters. The first-order valence-electron chi connectivity index (χ1n) is 8.35. The van der Waals surface area contributed by atoms with Gasteiger partial charge in [-0.2, -0.15) is 0 Å². The van der Waals surface area contributed by atoms with Crippen LogP contribution in [0.5, 0.6) is 0 Å². The number of para-hydroxylation sites is 2. The number of amides is 1. The van der Waals surface area contributed by atoms with Crippen molar-refractivity contribution in [2.24, 2.45) is 0 Å². The van der Waals surface area contributed by atoms with Crippen LogP contribution in [0.25, 0.3) is 22.4 Å². The second-order valence-corrected chi connectivity index (χ2v) is 6.10. The van der Waals surface area contributed by atoms with E-state index in [9.17, 15) is 4.79 Å². The molecule has 0 saturated heterocycles. The third-order valence-electron chi connectivity index (χ3n) is 4.22. The summed E-state index contributed by atoms with van der Waals surface area (Å²) in [5.41, 5.74) is 3.50. The highest BCUT2D eigenvalue weighted by Gasteiger charge is 2.11. The van der Waals surface area contributed by atoms with E-state index in [0.717, 1.165) is 28.1 Å². The standard InChI is InChI=1S/C20H18N4O2/c1-13-22-17-5-3-4-6-18(17)24(13)12-20(25)23-16-9-7-15(8-10-16)19-11-21-14(2)26-19/h3-11H,12H2,1-2H3,(H,23,25). The average Bonchev–Trinajstić information content (AvgIpc) is 3.19. The Morgan fingerprint density at radius 3 is 2.62 bits per heavy atom. The second kappa shape index (κ2) is 6.48. The van der Waals surface area contributed by atoms with Crippen LogP contribution in [0.15, 0.2) is 59.1 Å². The van der Waals surface area contributed by atoms with Crippen molar-refractivity contribution >= 4 is 22.6 Å². The van der Waals surface area contributed by atoms with Gasteiger partial charge in [0.05, 0.1) is 17.2 Å². The lowest BCUT2D eigenvalue weighted by Gasteiger charge is -2.09. The number of aromatic nitrogens is 3. The Morgan fingerprint density at radius 1 is 1.12 bits per heavy atom. The maximum absolute atomic E-state index is 12.4. The van der Waals surface area contributed by atoms with Gasteiger partial charge in [0.25, 0.3) is 0 Å². The molecular weight excluding hydrogens is 328 g/mol. The summed E-state index contributed by atoms with van der Waals surface area (Å²) in [4.78, 5) is 21.0. The predicted octanol–water partition coefficient (Wildman–Crippen LogP) is 3.95. The molecule has 0 aliphatic heterocycles. The molecule has 0 bridgehead atoms. The molecule has 0 radical (unpaired) electrons. The first kappa shape index (κ1) is 16.1. The molecular formula is C20H18N4O2. The third-order valence-corrected chi connectivity index (χ3v) is 4.22. The number of oxazole rings is 1. The summed E-state index contributed by atoms with van der Waals surface area (Å²) in [5.74, 6) is 2.05. The molecule has 0 aliphatic rings. The number of nitrogens with zero attached hydrogens (tertiary/aromatic N) is 3. The van der Waals surface area contributed by atoms with Gasteiger partial charge in [-0.25, -0.2) is 9.97 Å². The van der Waals surface area contributed by atoms with Crippen molar-refractivity contribution in [2.75, 3.05) is 5.32 Å². The van der Waals surface area contributed by atoms with Crippen LogP contribution in [0, 0.1) is 13.8 Å². The van der Waals surface area contributed by atoms with E-state index in [0.29, 0.717) is 11.7 Å². The van der Waals surface area contributed by atoms with Gasteiger partial charge in [-0.05, 0) is 43.3 Å². The minimum absolute atomic E-state index is 0.0977. The van der Waals surface area contributed by atoms with Crippen molar-refractivity contribution in [3.05, 3.63) is 66.4 Å². The zero-order chi connectivity index (χ0) is 18.1. The molecule has 2 heterocycles. The van der Waals surface area contributed by atoms with Crippen LogP contribution < -0.4 is 5.32 Å². The fourth-order valence-corrected chi connectivity index (χ4v) is 2.95. The zero-order valence-corrected chi connectivity index (χ0v) is 14.6. The predicted molar refractivity (Wildman–Crippen MR) is 99.8 cm³/mol. The van der Waals surface area contributed by atoms with Crippen LogP contribution in [-0.2, 0) is 11.3 Å². The van der Waals surface area contributed by atoms with E-state index in [1.165, 1.54) is 0 Å². The summed E-state index contributed by atoms with van der Waals surface area (Å²) < 4.78 is 7.42.